The number of fused-ring (bicyclic) bond motifs is 4. The molecule has 0 amide bonds. The molecule has 0 radical (unpaired) electrons. The van der Waals surface area contributed by atoms with Crippen molar-refractivity contribution in [1.82, 2.24) is 14.6 Å². The zero-order valence-electron chi connectivity index (χ0n) is 14.9. The molecule has 2 aromatic rings. The second-order valence-corrected chi connectivity index (χ2v) is 7.36. The Labute approximate surface area is 157 Å². The van der Waals surface area contributed by atoms with Crippen molar-refractivity contribution >= 4 is 28.9 Å². The van der Waals surface area contributed by atoms with Gasteiger partial charge in [0.05, 0.1) is 19.6 Å². The third-order valence-corrected chi connectivity index (χ3v) is 5.90. The van der Waals surface area contributed by atoms with Crippen molar-refractivity contribution in [3.63, 3.8) is 0 Å². The van der Waals surface area contributed by atoms with Crippen LogP contribution in [0.1, 0.15) is 32.6 Å². The molecule has 140 valence electrons. The summed E-state index contributed by atoms with van der Waals surface area (Å²) in [6.45, 7) is 2.25. The van der Waals surface area contributed by atoms with Crippen LogP contribution in [0.25, 0.3) is 5.52 Å². The minimum atomic E-state index is -0.145. The van der Waals surface area contributed by atoms with Crippen LogP contribution in [0.15, 0.2) is 12.1 Å². The summed E-state index contributed by atoms with van der Waals surface area (Å²) in [5.41, 5.74) is 0.773. The lowest BCUT2D eigenvalue weighted by atomic mass is 9.61. The Balaban J connectivity index is 1.69. The molecule has 3 aliphatic carbocycles. The zero-order chi connectivity index (χ0) is 18.3. The van der Waals surface area contributed by atoms with E-state index < -0.39 is 0 Å². The number of hydrogen-bond acceptors (Lipinski definition) is 6. The van der Waals surface area contributed by atoms with Crippen LogP contribution >= 0.6 is 11.6 Å². The molecule has 2 heterocycles. The van der Waals surface area contributed by atoms with Gasteiger partial charge in [0.25, 0.3) is 0 Å². The van der Waals surface area contributed by atoms with Crippen LogP contribution < -0.4 is 10.1 Å². The maximum atomic E-state index is 12.6. The number of aromatic nitrogens is 3. The third-order valence-electron chi connectivity index (χ3n) is 5.74. The van der Waals surface area contributed by atoms with Gasteiger partial charge in [-0.25, -0.2) is 0 Å². The third kappa shape index (κ3) is 2.88. The molecular weight excluding hydrogens is 356 g/mol. The highest BCUT2D eigenvalue weighted by molar-refractivity contribution is 6.28. The summed E-state index contributed by atoms with van der Waals surface area (Å²) in [6.07, 6.45) is 4.42. The van der Waals surface area contributed by atoms with Crippen molar-refractivity contribution in [2.75, 3.05) is 19.0 Å². The smallest absolute Gasteiger partial charge is 0.311 e. The largest absolute Gasteiger partial charge is 0.481 e. The molecule has 2 bridgehead atoms. The molecular formula is C18H23ClN4O3. The number of anilines is 1. The van der Waals surface area contributed by atoms with Crippen molar-refractivity contribution in [3.05, 3.63) is 17.4 Å². The van der Waals surface area contributed by atoms with Gasteiger partial charge in [0.2, 0.25) is 11.2 Å². The Hall–Kier alpha value is -2.02. The second-order valence-electron chi connectivity index (χ2n) is 7.02. The van der Waals surface area contributed by atoms with Crippen LogP contribution in [-0.2, 0) is 9.53 Å². The molecule has 3 fully saturated rings. The predicted molar refractivity (Wildman–Crippen MR) is 97.5 cm³/mol. The normalized spacial score (nSPS) is 27.5. The van der Waals surface area contributed by atoms with Gasteiger partial charge >= 0.3 is 5.97 Å². The summed E-state index contributed by atoms with van der Waals surface area (Å²) in [5, 5.41) is 7.84. The van der Waals surface area contributed by atoms with Gasteiger partial charge in [0.1, 0.15) is 5.52 Å². The number of rotatable bonds is 5. The number of ether oxygens (including phenoxy) is 2. The fraction of sp³-hybridized carbons (Fsp3) is 0.611. The number of nitrogens with zero attached hydrogens (tertiary/aromatic N) is 3. The number of methoxy groups -OCH3 is 1. The Morgan fingerprint density at radius 3 is 2.73 bits per heavy atom. The minimum Gasteiger partial charge on any atom is -0.481 e. The van der Waals surface area contributed by atoms with Crippen LogP contribution in [0.4, 0.5) is 5.82 Å². The Kier molecular flexibility index (Phi) is 4.65. The summed E-state index contributed by atoms with van der Waals surface area (Å²) in [6, 6.07) is 3.71. The minimum absolute atomic E-state index is 0.00258. The monoisotopic (exact) mass is 378 g/mol. The molecule has 0 unspecified atom stereocenters. The molecule has 0 saturated heterocycles. The van der Waals surface area contributed by atoms with E-state index in [0.29, 0.717) is 30.1 Å². The van der Waals surface area contributed by atoms with E-state index in [1.165, 1.54) is 0 Å². The standard InChI is InChI=1S/C18H23ClN4O3/c1-3-26-17(24)14-10-4-6-11(7-5-10)15(14)20-16-12-8-9-13(25-2)23(12)22-18(19)21-16/h8-11,14-15H,3-7H2,1-2H3,(H,20,21,22)/t10-,11+,14-,15-/m0/s1. The highest BCUT2D eigenvalue weighted by atomic mass is 35.5. The predicted octanol–water partition coefficient (Wildman–Crippen LogP) is 3.17. The van der Waals surface area contributed by atoms with Gasteiger partial charge in [-0.1, -0.05) is 0 Å². The van der Waals surface area contributed by atoms with Crippen LogP contribution in [0.2, 0.25) is 5.28 Å². The van der Waals surface area contributed by atoms with Crippen LogP contribution in [-0.4, -0.2) is 40.3 Å². The van der Waals surface area contributed by atoms with Gasteiger partial charge < -0.3 is 14.8 Å². The highest BCUT2D eigenvalue weighted by Gasteiger charge is 2.48. The van der Waals surface area contributed by atoms with E-state index in [9.17, 15) is 4.79 Å². The average Bonchev–Trinajstić information content (AvgIpc) is 3.05. The molecule has 2 aromatic heterocycles. The van der Waals surface area contributed by atoms with Crippen LogP contribution in [0.3, 0.4) is 0 Å². The van der Waals surface area contributed by atoms with Gasteiger partial charge in [-0.3, -0.25) is 4.79 Å². The fourth-order valence-electron chi connectivity index (χ4n) is 4.60. The molecule has 0 aliphatic heterocycles. The van der Waals surface area contributed by atoms with Gasteiger partial charge in [-0.05, 0) is 62.1 Å². The summed E-state index contributed by atoms with van der Waals surface area (Å²) in [5.74, 6) is 1.75. The molecule has 5 rings (SSSR count). The Morgan fingerprint density at radius 2 is 2.04 bits per heavy atom. The number of halogens is 1. The molecule has 8 heteroatoms. The van der Waals surface area contributed by atoms with Crippen molar-refractivity contribution in [2.24, 2.45) is 17.8 Å². The van der Waals surface area contributed by atoms with E-state index >= 15 is 0 Å². The topological polar surface area (TPSA) is 77.8 Å². The maximum Gasteiger partial charge on any atom is 0.311 e. The van der Waals surface area contributed by atoms with E-state index in [4.69, 9.17) is 21.1 Å². The number of esters is 1. The van der Waals surface area contributed by atoms with E-state index in [1.54, 1.807) is 11.6 Å². The second kappa shape index (κ2) is 6.95. The highest BCUT2D eigenvalue weighted by Crippen LogP contribution is 2.47. The summed E-state index contributed by atoms with van der Waals surface area (Å²) < 4.78 is 12.3. The fourth-order valence-corrected chi connectivity index (χ4v) is 4.76. The van der Waals surface area contributed by atoms with E-state index in [2.05, 4.69) is 15.4 Å². The number of hydrogen-bond donors (Lipinski definition) is 1. The molecule has 3 aliphatic rings. The number of carbonyl (C=O) groups excluding carboxylic acids is 1. The molecule has 0 aromatic carbocycles. The molecule has 2 atom stereocenters. The van der Waals surface area contributed by atoms with Crippen LogP contribution in [0, 0.1) is 17.8 Å². The lowest BCUT2D eigenvalue weighted by molar-refractivity contribution is -0.154. The first-order valence-electron chi connectivity index (χ1n) is 9.14. The first-order chi connectivity index (χ1) is 12.6. The number of carbonyl (C=O) groups is 1. The van der Waals surface area contributed by atoms with Gasteiger partial charge in [0.15, 0.2) is 5.82 Å². The van der Waals surface area contributed by atoms with Gasteiger partial charge in [-0.15, -0.1) is 5.10 Å². The van der Waals surface area contributed by atoms with Crippen LogP contribution in [0.5, 0.6) is 5.88 Å². The zero-order valence-corrected chi connectivity index (χ0v) is 15.7. The van der Waals surface area contributed by atoms with E-state index in [0.717, 1.165) is 31.2 Å². The summed E-state index contributed by atoms with van der Waals surface area (Å²) in [4.78, 5) is 17.0. The molecule has 1 N–H and O–H groups in total. The molecule has 7 nitrogen and oxygen atoms in total. The number of nitrogens with one attached hydrogen (secondary N) is 1. The lowest BCUT2D eigenvalue weighted by Crippen LogP contribution is -2.52. The van der Waals surface area contributed by atoms with E-state index in [1.807, 2.05) is 19.1 Å². The van der Waals surface area contributed by atoms with Crippen molar-refractivity contribution in [3.8, 4) is 5.88 Å². The van der Waals surface area contributed by atoms with Gasteiger partial charge in [0, 0.05) is 12.1 Å². The molecule has 26 heavy (non-hydrogen) atoms. The maximum absolute atomic E-state index is 12.6. The Bertz CT molecular complexity index is 816. The Morgan fingerprint density at radius 1 is 1.31 bits per heavy atom. The van der Waals surface area contributed by atoms with Crippen molar-refractivity contribution < 1.29 is 14.3 Å². The first kappa shape index (κ1) is 17.4. The lowest BCUT2D eigenvalue weighted by Gasteiger charge is -2.47. The van der Waals surface area contributed by atoms with Crippen molar-refractivity contribution in [2.45, 2.75) is 38.6 Å². The SMILES string of the molecule is CCOC(=O)[C@H]1[C@H]2CC[C@H](CC2)[C@@H]1Nc1nc(Cl)nn2c(OC)ccc12. The van der Waals surface area contributed by atoms with Gasteiger partial charge in [-0.2, -0.15) is 9.50 Å². The first-order valence-corrected chi connectivity index (χ1v) is 9.52. The quantitative estimate of drug-likeness (QED) is 0.805. The molecule has 0 spiro atoms. The van der Waals surface area contributed by atoms with E-state index in [-0.39, 0.29) is 23.2 Å². The van der Waals surface area contributed by atoms with Crippen molar-refractivity contribution in [1.29, 1.82) is 0 Å². The summed E-state index contributed by atoms with van der Waals surface area (Å²) >= 11 is 6.12. The average molecular weight is 379 g/mol. The summed E-state index contributed by atoms with van der Waals surface area (Å²) in [7, 11) is 1.59. The molecule has 3 saturated carbocycles.